The lowest BCUT2D eigenvalue weighted by Gasteiger charge is -2.15. The van der Waals surface area contributed by atoms with Gasteiger partial charge in [-0.15, -0.1) is 0 Å². The van der Waals surface area contributed by atoms with Gasteiger partial charge in [-0.3, -0.25) is 9.36 Å². The Morgan fingerprint density at radius 2 is 1.19 bits per heavy atom. The van der Waals surface area contributed by atoms with E-state index in [0.29, 0.717) is 0 Å². The van der Waals surface area contributed by atoms with Crippen molar-refractivity contribution in [3.05, 3.63) is 0 Å². The maximum Gasteiger partial charge on any atom is 0.339 e. The summed E-state index contributed by atoms with van der Waals surface area (Å²) in [7, 11) is -4.39. The lowest BCUT2D eigenvalue weighted by atomic mass is 10.1. The zero-order valence-corrected chi connectivity index (χ0v) is 18.4. The normalized spacial score (nSPS) is 12.2. The smallest absolute Gasteiger partial charge is 0.339 e. The van der Waals surface area contributed by atoms with Crippen LogP contribution in [0.1, 0.15) is 111 Å². The molecule has 26 heavy (non-hydrogen) atoms. The fourth-order valence-corrected chi connectivity index (χ4v) is 3.23. The van der Waals surface area contributed by atoms with Gasteiger partial charge in [0.25, 0.3) is 0 Å². The van der Waals surface area contributed by atoms with Crippen LogP contribution in [0, 0.1) is 0 Å². The molecule has 0 rings (SSSR count). The summed E-state index contributed by atoms with van der Waals surface area (Å²) in [5.74, 6) is -0.772. The second kappa shape index (κ2) is 19.4. The lowest BCUT2D eigenvalue weighted by Crippen LogP contribution is -2.23. The van der Waals surface area contributed by atoms with Crippen LogP contribution in [0.3, 0.4) is 0 Å². The van der Waals surface area contributed by atoms with Crippen molar-refractivity contribution in [3.8, 4) is 0 Å². The first-order valence-electron chi connectivity index (χ1n) is 10.6. The SMILES string of the molecule is CCCC.CCCCCCCCCCCCOC(=O)C(CC)P(=O)(O)O. The largest absolute Gasteiger partial charge is 0.465 e. The number of rotatable bonds is 15. The molecule has 0 bridgehead atoms. The van der Waals surface area contributed by atoms with Crippen LogP contribution in [0.2, 0.25) is 0 Å². The molecule has 6 heteroatoms. The first-order chi connectivity index (χ1) is 12.3. The highest BCUT2D eigenvalue weighted by molar-refractivity contribution is 7.53. The van der Waals surface area contributed by atoms with Crippen LogP contribution in [-0.4, -0.2) is 28.0 Å². The summed E-state index contributed by atoms with van der Waals surface area (Å²) in [5, 5.41) is 0. The summed E-state index contributed by atoms with van der Waals surface area (Å²) >= 11 is 0. The molecule has 0 amide bonds. The molecule has 0 aromatic rings. The fraction of sp³-hybridized carbons (Fsp3) is 0.950. The van der Waals surface area contributed by atoms with E-state index in [0.717, 1.165) is 19.3 Å². The molecule has 0 spiro atoms. The summed E-state index contributed by atoms with van der Waals surface area (Å²) in [6, 6.07) is 0. The maximum absolute atomic E-state index is 11.6. The minimum atomic E-state index is -4.39. The number of carbonyl (C=O) groups is 1. The summed E-state index contributed by atoms with van der Waals surface area (Å²) in [6.45, 7) is 8.41. The van der Waals surface area contributed by atoms with Crippen molar-refractivity contribution < 1.29 is 23.9 Å². The van der Waals surface area contributed by atoms with Gasteiger partial charge in [0, 0.05) is 0 Å². The Morgan fingerprint density at radius 1 is 0.769 bits per heavy atom. The molecule has 1 unspecified atom stereocenters. The lowest BCUT2D eigenvalue weighted by molar-refractivity contribution is -0.143. The van der Waals surface area contributed by atoms with Gasteiger partial charge in [-0.1, -0.05) is 98.3 Å². The fourth-order valence-electron chi connectivity index (χ4n) is 2.40. The van der Waals surface area contributed by atoms with E-state index in [4.69, 9.17) is 14.5 Å². The molecule has 0 aliphatic carbocycles. The van der Waals surface area contributed by atoms with Crippen LogP contribution in [0.4, 0.5) is 0 Å². The van der Waals surface area contributed by atoms with E-state index in [-0.39, 0.29) is 13.0 Å². The molecular weight excluding hydrogens is 351 g/mol. The van der Waals surface area contributed by atoms with Gasteiger partial charge in [0.2, 0.25) is 0 Å². The van der Waals surface area contributed by atoms with Gasteiger partial charge >= 0.3 is 13.6 Å². The molecule has 1 atom stereocenters. The predicted octanol–water partition coefficient (Wildman–Crippen LogP) is 6.21. The van der Waals surface area contributed by atoms with Gasteiger partial charge in [-0.25, -0.2) is 0 Å². The molecule has 0 saturated carbocycles. The summed E-state index contributed by atoms with van der Waals surface area (Å²) in [4.78, 5) is 29.6. The van der Waals surface area contributed by atoms with Gasteiger partial charge in [-0.2, -0.15) is 0 Å². The van der Waals surface area contributed by atoms with Crippen LogP contribution in [0.15, 0.2) is 0 Å². The third-order valence-corrected chi connectivity index (χ3v) is 5.69. The molecule has 0 aliphatic rings. The van der Waals surface area contributed by atoms with E-state index in [9.17, 15) is 9.36 Å². The summed E-state index contributed by atoms with van der Waals surface area (Å²) in [5.41, 5.74) is -1.31. The average Bonchev–Trinajstić information content (AvgIpc) is 2.59. The molecule has 0 aromatic carbocycles. The van der Waals surface area contributed by atoms with E-state index >= 15 is 0 Å². The Balaban J connectivity index is 0. The highest BCUT2D eigenvalue weighted by Gasteiger charge is 2.35. The second-order valence-corrected chi connectivity index (χ2v) is 8.66. The molecule has 0 heterocycles. The number of esters is 1. The molecule has 5 nitrogen and oxygen atoms in total. The molecule has 0 saturated heterocycles. The number of carbonyl (C=O) groups excluding carboxylic acids is 1. The Kier molecular flexibility index (Phi) is 20.8. The average molecular weight is 395 g/mol. The molecule has 2 N–H and O–H groups in total. The van der Waals surface area contributed by atoms with Crippen molar-refractivity contribution in [2.45, 2.75) is 117 Å². The molecule has 0 fully saturated rings. The quantitative estimate of drug-likeness (QED) is 0.196. The van der Waals surface area contributed by atoms with Crippen LogP contribution < -0.4 is 0 Å². The van der Waals surface area contributed by atoms with Gasteiger partial charge < -0.3 is 14.5 Å². The van der Waals surface area contributed by atoms with E-state index in [2.05, 4.69) is 20.8 Å². The highest BCUT2D eigenvalue weighted by Crippen LogP contribution is 2.43. The van der Waals surface area contributed by atoms with Crippen LogP contribution in [0.25, 0.3) is 0 Å². The van der Waals surface area contributed by atoms with E-state index in [1.54, 1.807) is 6.92 Å². The number of hydrogen-bond donors (Lipinski definition) is 2. The standard InChI is InChI=1S/C16H33O5P.C4H10/c1-3-5-6-7-8-9-10-11-12-13-14-21-16(17)15(4-2)22(18,19)20;1-3-4-2/h15H,3-14H2,1-2H3,(H2,18,19,20);3-4H2,1-2H3. The highest BCUT2D eigenvalue weighted by atomic mass is 31.2. The van der Waals surface area contributed by atoms with Crippen molar-refractivity contribution in [1.82, 2.24) is 0 Å². The van der Waals surface area contributed by atoms with Crippen molar-refractivity contribution in [2.24, 2.45) is 0 Å². The Hall–Kier alpha value is -0.380. The third-order valence-electron chi connectivity index (χ3n) is 4.31. The second-order valence-electron chi connectivity index (χ2n) is 6.86. The third kappa shape index (κ3) is 18.4. The zero-order chi connectivity index (χ0) is 20.3. The molecule has 0 radical (unpaired) electrons. The molecular formula is C20H43O5P. The minimum absolute atomic E-state index is 0.0984. The number of ether oxygens (including phenoxy) is 1. The van der Waals surface area contributed by atoms with Crippen molar-refractivity contribution in [3.63, 3.8) is 0 Å². The number of unbranched alkanes of at least 4 members (excludes halogenated alkanes) is 10. The molecule has 0 aliphatic heterocycles. The topological polar surface area (TPSA) is 83.8 Å². The van der Waals surface area contributed by atoms with E-state index < -0.39 is 19.2 Å². The van der Waals surface area contributed by atoms with Crippen LogP contribution in [-0.2, 0) is 14.1 Å². The first-order valence-corrected chi connectivity index (χ1v) is 12.2. The van der Waals surface area contributed by atoms with Gasteiger partial charge in [0.15, 0.2) is 5.66 Å². The minimum Gasteiger partial charge on any atom is -0.465 e. The van der Waals surface area contributed by atoms with Gasteiger partial charge in [-0.05, 0) is 12.8 Å². The van der Waals surface area contributed by atoms with Crippen molar-refractivity contribution >= 4 is 13.6 Å². The van der Waals surface area contributed by atoms with Gasteiger partial charge in [0.1, 0.15) is 0 Å². The predicted molar refractivity (Wildman–Crippen MR) is 110 cm³/mol. The first kappa shape index (κ1) is 27.8. The zero-order valence-electron chi connectivity index (χ0n) is 17.5. The van der Waals surface area contributed by atoms with Crippen molar-refractivity contribution in [2.75, 3.05) is 6.61 Å². The van der Waals surface area contributed by atoms with Gasteiger partial charge in [0.05, 0.1) is 6.61 Å². The number of hydrogen-bond acceptors (Lipinski definition) is 3. The Morgan fingerprint density at radius 3 is 1.54 bits per heavy atom. The Labute approximate surface area is 161 Å². The molecule has 0 aromatic heterocycles. The monoisotopic (exact) mass is 394 g/mol. The van der Waals surface area contributed by atoms with Crippen LogP contribution >= 0.6 is 7.60 Å². The van der Waals surface area contributed by atoms with E-state index in [1.807, 2.05) is 0 Å². The van der Waals surface area contributed by atoms with Crippen LogP contribution in [0.5, 0.6) is 0 Å². The van der Waals surface area contributed by atoms with E-state index in [1.165, 1.54) is 57.8 Å². The molecule has 158 valence electrons. The Bertz CT molecular complexity index is 352. The maximum atomic E-state index is 11.6. The summed E-state index contributed by atoms with van der Waals surface area (Å²) < 4.78 is 16.1. The van der Waals surface area contributed by atoms with Crippen molar-refractivity contribution in [1.29, 1.82) is 0 Å². The summed E-state index contributed by atoms with van der Waals surface area (Å²) in [6.07, 6.45) is 14.7.